The first-order valence-electron chi connectivity index (χ1n) is 6.51. The lowest BCUT2D eigenvalue weighted by atomic mass is 10.3. The Morgan fingerprint density at radius 2 is 2.12 bits per heavy atom. The summed E-state index contributed by atoms with van der Waals surface area (Å²) < 4.78 is 5.66. The molecule has 5 nitrogen and oxygen atoms in total. The first-order valence-corrected chi connectivity index (χ1v) is 9.72. The molecule has 0 bridgehead atoms. The van der Waals surface area contributed by atoms with Gasteiger partial charge in [-0.15, -0.1) is 22.7 Å². The van der Waals surface area contributed by atoms with E-state index in [1.165, 1.54) is 6.07 Å². The van der Waals surface area contributed by atoms with Gasteiger partial charge in [0.05, 0.1) is 21.4 Å². The molecule has 0 radical (unpaired) electrons. The monoisotopic (exact) mass is 420 g/mol. The van der Waals surface area contributed by atoms with Gasteiger partial charge in [-0.2, -0.15) is 5.26 Å². The molecule has 10 heteroatoms. The summed E-state index contributed by atoms with van der Waals surface area (Å²) in [6, 6.07) is 1.47. The minimum atomic E-state index is -0.489. The summed E-state index contributed by atoms with van der Waals surface area (Å²) in [6.45, 7) is 3.64. The molecule has 0 aliphatic heterocycles. The van der Waals surface area contributed by atoms with Crippen molar-refractivity contribution in [2.45, 2.75) is 18.7 Å². The van der Waals surface area contributed by atoms with Gasteiger partial charge in [0, 0.05) is 0 Å². The molecule has 0 aromatic carbocycles. The quantitative estimate of drug-likeness (QED) is 0.396. The third kappa shape index (κ3) is 4.05. The maximum Gasteiger partial charge on any atom is 0.348 e. The minimum Gasteiger partial charge on any atom is -0.462 e. The number of halogens is 2. The third-order valence-corrected chi connectivity index (χ3v) is 6.44. The topological polar surface area (TPSA) is 79.2 Å². The van der Waals surface area contributed by atoms with Crippen LogP contribution in [0.5, 0.6) is 0 Å². The highest BCUT2D eigenvalue weighted by Crippen LogP contribution is 2.41. The lowest BCUT2D eigenvalue weighted by Crippen LogP contribution is -2.10. The molecule has 2 aromatic rings. The Morgan fingerprint density at radius 3 is 2.67 bits per heavy atom. The molecule has 2 heterocycles. The van der Waals surface area contributed by atoms with Gasteiger partial charge in [-0.25, -0.2) is 4.79 Å². The van der Waals surface area contributed by atoms with Crippen molar-refractivity contribution in [1.82, 2.24) is 0 Å². The number of nitrogens with one attached hydrogen (secondary N) is 1. The standard InChI is InChI=1S/C14H10Cl2N2O3S3/c1-3-21-14(20)10-6(2)9(22-5-17)13(24-10)18-12(19)7-4-8(15)23-11(7)16/h4H,3H2,1-2H3,(H,18,19). The van der Waals surface area contributed by atoms with Gasteiger partial charge in [-0.1, -0.05) is 23.2 Å². The number of hydrogen-bond donors (Lipinski definition) is 1. The van der Waals surface area contributed by atoms with Gasteiger partial charge in [0.15, 0.2) is 0 Å². The number of anilines is 1. The molecular weight excluding hydrogens is 411 g/mol. The lowest BCUT2D eigenvalue weighted by Gasteiger charge is -2.03. The Bertz CT molecular complexity index is 839. The highest BCUT2D eigenvalue weighted by atomic mass is 35.5. The molecule has 126 valence electrons. The smallest absolute Gasteiger partial charge is 0.348 e. The number of amides is 1. The van der Waals surface area contributed by atoms with Gasteiger partial charge < -0.3 is 10.1 Å². The van der Waals surface area contributed by atoms with Crippen LogP contribution in [0.2, 0.25) is 8.67 Å². The maximum atomic E-state index is 12.4. The summed E-state index contributed by atoms with van der Waals surface area (Å²) in [4.78, 5) is 25.2. The van der Waals surface area contributed by atoms with E-state index in [-0.39, 0.29) is 16.5 Å². The molecule has 24 heavy (non-hydrogen) atoms. The lowest BCUT2D eigenvalue weighted by molar-refractivity contribution is 0.0531. The fourth-order valence-electron chi connectivity index (χ4n) is 1.81. The number of carbonyl (C=O) groups is 2. The van der Waals surface area contributed by atoms with Crippen molar-refractivity contribution in [2.75, 3.05) is 11.9 Å². The zero-order valence-corrected chi connectivity index (χ0v) is 16.4. The Hall–Kier alpha value is -1.24. The van der Waals surface area contributed by atoms with Crippen molar-refractivity contribution in [3.63, 3.8) is 0 Å². The van der Waals surface area contributed by atoms with Crippen LogP contribution in [-0.4, -0.2) is 18.5 Å². The second-order valence-corrected chi connectivity index (χ2v) is 8.42. The van der Waals surface area contributed by atoms with E-state index in [9.17, 15) is 9.59 Å². The summed E-state index contributed by atoms with van der Waals surface area (Å²) in [5, 5.41) is 14.0. The number of ether oxygens (including phenoxy) is 1. The number of esters is 1. The van der Waals surface area contributed by atoms with Crippen LogP contribution in [0.25, 0.3) is 0 Å². The Kier molecular flexibility index (Phi) is 6.54. The summed E-state index contributed by atoms with van der Waals surface area (Å²) in [6.07, 6.45) is 0. The number of thiophene rings is 2. The molecule has 1 N–H and O–H groups in total. The van der Waals surface area contributed by atoms with Gasteiger partial charge in [0.1, 0.15) is 19.6 Å². The predicted molar refractivity (Wildman–Crippen MR) is 98.8 cm³/mol. The highest BCUT2D eigenvalue weighted by molar-refractivity contribution is 8.04. The van der Waals surface area contributed by atoms with E-state index in [0.717, 1.165) is 34.4 Å². The van der Waals surface area contributed by atoms with Crippen molar-refractivity contribution < 1.29 is 14.3 Å². The number of nitriles is 1. The molecule has 0 unspecified atom stereocenters. The molecule has 2 aromatic heterocycles. The summed E-state index contributed by atoms with van der Waals surface area (Å²) in [5.41, 5.74) is 0.832. The van der Waals surface area contributed by atoms with E-state index in [2.05, 4.69) is 5.32 Å². The SMILES string of the molecule is CCOC(=O)c1sc(NC(=O)c2cc(Cl)sc2Cl)c(SC#N)c1C. The predicted octanol–water partition coefficient (Wildman–Crippen LogP) is 5.43. The second-order valence-electron chi connectivity index (χ2n) is 4.32. The molecule has 0 atom stereocenters. The van der Waals surface area contributed by atoms with Crippen LogP contribution in [0.1, 0.15) is 32.5 Å². The number of carbonyl (C=O) groups excluding carboxylic acids is 2. The fourth-order valence-corrected chi connectivity index (χ4v) is 5.06. The molecule has 0 saturated carbocycles. The Morgan fingerprint density at radius 1 is 1.42 bits per heavy atom. The van der Waals surface area contributed by atoms with Crippen LogP contribution < -0.4 is 5.32 Å². The van der Waals surface area contributed by atoms with E-state index in [0.29, 0.717) is 24.7 Å². The Balaban J connectivity index is 2.37. The largest absolute Gasteiger partial charge is 0.462 e. The fraction of sp³-hybridized carbons (Fsp3) is 0.214. The van der Waals surface area contributed by atoms with Gasteiger partial charge >= 0.3 is 5.97 Å². The van der Waals surface area contributed by atoms with E-state index in [1.54, 1.807) is 13.8 Å². The molecule has 2 rings (SSSR count). The summed E-state index contributed by atoms with van der Waals surface area (Å²) >= 11 is 14.8. The van der Waals surface area contributed by atoms with Crippen molar-refractivity contribution in [1.29, 1.82) is 5.26 Å². The molecule has 1 amide bonds. The average Bonchev–Trinajstić information content (AvgIpc) is 3.01. The zero-order chi connectivity index (χ0) is 17.9. The second kappa shape index (κ2) is 8.23. The number of hydrogen-bond acceptors (Lipinski definition) is 7. The van der Waals surface area contributed by atoms with Crippen molar-refractivity contribution in [3.8, 4) is 5.40 Å². The van der Waals surface area contributed by atoms with Crippen LogP contribution in [0.4, 0.5) is 5.00 Å². The highest BCUT2D eigenvalue weighted by Gasteiger charge is 2.24. The normalized spacial score (nSPS) is 10.3. The number of rotatable bonds is 5. The van der Waals surface area contributed by atoms with Crippen LogP contribution in [0.15, 0.2) is 11.0 Å². The van der Waals surface area contributed by atoms with Crippen LogP contribution in [0, 0.1) is 17.6 Å². The molecule has 0 fully saturated rings. The minimum absolute atomic E-state index is 0.238. The third-order valence-electron chi connectivity index (χ3n) is 2.83. The molecule has 0 aliphatic rings. The van der Waals surface area contributed by atoms with E-state index >= 15 is 0 Å². The van der Waals surface area contributed by atoms with Gasteiger partial charge in [0.25, 0.3) is 5.91 Å². The number of thioether (sulfide) groups is 1. The first-order chi connectivity index (χ1) is 11.4. The van der Waals surface area contributed by atoms with Crippen LogP contribution in [-0.2, 0) is 4.74 Å². The summed E-state index contributed by atoms with van der Waals surface area (Å²) in [7, 11) is 0. The van der Waals surface area contributed by atoms with Gasteiger partial charge in [-0.3, -0.25) is 4.79 Å². The van der Waals surface area contributed by atoms with E-state index < -0.39 is 11.9 Å². The van der Waals surface area contributed by atoms with Crippen LogP contribution in [0.3, 0.4) is 0 Å². The molecule has 0 aliphatic carbocycles. The number of nitrogens with zero attached hydrogens (tertiary/aromatic N) is 1. The van der Waals surface area contributed by atoms with E-state index in [4.69, 9.17) is 33.2 Å². The van der Waals surface area contributed by atoms with Crippen molar-refractivity contribution in [2.24, 2.45) is 0 Å². The molecule has 0 spiro atoms. The Labute approximate surface area is 160 Å². The van der Waals surface area contributed by atoms with Crippen molar-refractivity contribution >= 4 is 74.5 Å². The zero-order valence-electron chi connectivity index (χ0n) is 12.4. The average molecular weight is 421 g/mol. The van der Waals surface area contributed by atoms with Gasteiger partial charge in [0.2, 0.25) is 0 Å². The van der Waals surface area contributed by atoms with Gasteiger partial charge in [-0.05, 0) is 37.2 Å². The molecule has 0 saturated heterocycles. The maximum absolute atomic E-state index is 12.4. The van der Waals surface area contributed by atoms with Crippen LogP contribution >= 0.6 is 57.6 Å². The van der Waals surface area contributed by atoms with Crippen molar-refractivity contribution in [3.05, 3.63) is 30.7 Å². The summed E-state index contributed by atoms with van der Waals surface area (Å²) in [5.74, 6) is -0.948. The van der Waals surface area contributed by atoms with E-state index in [1.807, 2.05) is 5.40 Å². The molecular formula is C14H10Cl2N2O3S3. The first kappa shape index (κ1) is 19.1. The number of thiocyanates is 1.